The molecule has 0 saturated heterocycles. The first-order chi connectivity index (χ1) is 19.6. The van der Waals surface area contributed by atoms with Crippen LogP contribution < -0.4 is 15.4 Å². The Morgan fingerprint density at radius 3 is 2.61 bits per heavy atom. The Hall–Kier alpha value is -3.34. The van der Waals surface area contributed by atoms with Crippen LogP contribution in [0.25, 0.3) is 0 Å². The number of anilines is 1. The Balaban J connectivity index is 1.54. The maximum Gasteiger partial charge on any atom is 0.389 e. The molecule has 41 heavy (non-hydrogen) atoms. The van der Waals surface area contributed by atoms with Gasteiger partial charge >= 0.3 is 12.1 Å². The molecule has 1 unspecified atom stereocenters. The smallest absolute Gasteiger partial charge is 0.389 e. The molecule has 1 amide bonds. The number of aromatic nitrogens is 1. The van der Waals surface area contributed by atoms with E-state index in [2.05, 4.69) is 27.7 Å². The summed E-state index contributed by atoms with van der Waals surface area (Å²) in [4.78, 5) is 31.1. The van der Waals surface area contributed by atoms with Crippen molar-refractivity contribution in [3.8, 4) is 5.75 Å². The van der Waals surface area contributed by atoms with E-state index >= 15 is 0 Å². The fraction of sp³-hybridized carbons (Fsp3) is 0.567. The lowest BCUT2D eigenvalue weighted by Crippen LogP contribution is -2.46. The number of fused-ring (bicyclic) bond motifs is 1. The van der Waals surface area contributed by atoms with Gasteiger partial charge in [-0.1, -0.05) is 31.2 Å². The van der Waals surface area contributed by atoms with Gasteiger partial charge in [0, 0.05) is 31.2 Å². The highest BCUT2D eigenvalue weighted by Gasteiger charge is 2.35. The minimum absolute atomic E-state index is 0.0320. The quantitative estimate of drug-likeness (QED) is 0.225. The molecular formula is C30H41F3N4O4. The van der Waals surface area contributed by atoms with Crippen molar-refractivity contribution in [2.75, 3.05) is 38.1 Å². The van der Waals surface area contributed by atoms with Crippen LogP contribution in [0.3, 0.4) is 0 Å². The van der Waals surface area contributed by atoms with Gasteiger partial charge in [-0.3, -0.25) is 9.69 Å². The number of amides is 1. The first-order valence-electron chi connectivity index (χ1n) is 14.4. The van der Waals surface area contributed by atoms with Crippen LogP contribution in [-0.2, 0) is 22.4 Å². The molecule has 8 nitrogen and oxygen atoms in total. The van der Waals surface area contributed by atoms with E-state index in [1.165, 1.54) is 12.5 Å². The molecule has 0 spiro atoms. The molecule has 1 aliphatic rings. The number of hydrogen-bond acceptors (Lipinski definition) is 6. The highest BCUT2D eigenvalue weighted by Crippen LogP contribution is 2.27. The van der Waals surface area contributed by atoms with Gasteiger partial charge < -0.3 is 20.5 Å². The van der Waals surface area contributed by atoms with E-state index in [0.717, 1.165) is 55.9 Å². The summed E-state index contributed by atoms with van der Waals surface area (Å²) in [6, 6.07) is 12.3. The number of carboxylic acid groups (broad SMARTS) is 1. The standard InChI is InChI=1S/C30H41F3N4O4/c1-2-22(21-30(31,32)33)28(38)36-26(29(39)40)15-18-37(19-20-41-25-11-4-3-5-12-25)17-7-6-10-24-14-13-23-9-8-16-34-27(23)35-24/h3-5,11-14,22,26H,2,6-10,15-21H2,1H3,(H,34,35)(H,36,38)(H,39,40)/t22?,26-/m0/s1. The van der Waals surface area contributed by atoms with Gasteiger partial charge in [0.25, 0.3) is 0 Å². The Morgan fingerprint density at radius 2 is 1.90 bits per heavy atom. The van der Waals surface area contributed by atoms with Crippen LogP contribution in [0.15, 0.2) is 42.5 Å². The number of aryl methyl sites for hydroxylation is 2. The zero-order valence-corrected chi connectivity index (χ0v) is 23.6. The molecule has 0 saturated carbocycles. The minimum Gasteiger partial charge on any atom is -0.492 e. The molecule has 2 atom stereocenters. The first-order valence-corrected chi connectivity index (χ1v) is 14.4. The van der Waals surface area contributed by atoms with Crippen LogP contribution in [-0.4, -0.2) is 71.9 Å². The van der Waals surface area contributed by atoms with Gasteiger partial charge in [-0.25, -0.2) is 9.78 Å². The number of nitrogens with zero attached hydrogens (tertiary/aromatic N) is 2. The topological polar surface area (TPSA) is 104 Å². The molecule has 1 aromatic heterocycles. The highest BCUT2D eigenvalue weighted by molar-refractivity contribution is 5.85. The summed E-state index contributed by atoms with van der Waals surface area (Å²) in [5.74, 6) is -1.78. The Kier molecular flexibility index (Phi) is 12.7. The molecule has 3 N–H and O–H groups in total. The molecule has 2 aromatic rings. The molecule has 0 radical (unpaired) electrons. The number of rotatable bonds is 17. The van der Waals surface area contributed by atoms with Gasteiger partial charge in [-0.2, -0.15) is 13.2 Å². The van der Waals surface area contributed by atoms with Crippen LogP contribution >= 0.6 is 0 Å². The number of ether oxygens (including phenoxy) is 1. The van der Waals surface area contributed by atoms with Gasteiger partial charge in [0.05, 0.1) is 6.42 Å². The molecule has 0 fully saturated rings. The second-order valence-corrected chi connectivity index (χ2v) is 10.4. The fourth-order valence-electron chi connectivity index (χ4n) is 4.85. The number of carbonyl (C=O) groups is 2. The number of carboxylic acids is 1. The largest absolute Gasteiger partial charge is 0.492 e. The van der Waals surface area contributed by atoms with Crippen molar-refractivity contribution in [2.45, 2.75) is 70.5 Å². The number of nitrogens with one attached hydrogen (secondary N) is 2. The molecular weight excluding hydrogens is 537 g/mol. The summed E-state index contributed by atoms with van der Waals surface area (Å²) in [6.45, 7) is 4.34. The summed E-state index contributed by atoms with van der Waals surface area (Å²) >= 11 is 0. The van der Waals surface area contributed by atoms with E-state index in [1.807, 2.05) is 30.3 Å². The number of alkyl halides is 3. The number of para-hydroxylation sites is 1. The van der Waals surface area contributed by atoms with E-state index in [0.29, 0.717) is 26.2 Å². The summed E-state index contributed by atoms with van der Waals surface area (Å²) in [6.07, 6.45) is -1.07. The van der Waals surface area contributed by atoms with Crippen molar-refractivity contribution in [1.29, 1.82) is 0 Å². The van der Waals surface area contributed by atoms with E-state index in [4.69, 9.17) is 9.72 Å². The van der Waals surface area contributed by atoms with Gasteiger partial charge in [0.15, 0.2) is 0 Å². The predicted octanol–water partition coefficient (Wildman–Crippen LogP) is 5.08. The SMILES string of the molecule is CCC(CC(F)(F)F)C(=O)N[C@@H](CCN(CCCCc1ccc2c(n1)NCCC2)CCOc1ccccc1)C(=O)O. The third-order valence-electron chi connectivity index (χ3n) is 7.22. The Bertz CT molecular complexity index is 1100. The Morgan fingerprint density at radius 1 is 1.12 bits per heavy atom. The summed E-state index contributed by atoms with van der Waals surface area (Å²) < 4.78 is 44.4. The number of carbonyl (C=O) groups excluding carboxylic acids is 1. The average molecular weight is 579 g/mol. The maximum absolute atomic E-state index is 12.9. The summed E-state index contributed by atoms with van der Waals surface area (Å²) in [5.41, 5.74) is 2.27. The van der Waals surface area contributed by atoms with Crippen LogP contribution in [0.4, 0.5) is 19.0 Å². The Labute approximate surface area is 239 Å². The number of halogens is 3. The number of unbranched alkanes of at least 4 members (excludes halogenated alkanes) is 1. The van der Waals surface area contributed by atoms with Crippen molar-refractivity contribution in [3.63, 3.8) is 0 Å². The highest BCUT2D eigenvalue weighted by atomic mass is 19.4. The average Bonchev–Trinajstić information content (AvgIpc) is 2.95. The number of aliphatic carboxylic acids is 1. The van der Waals surface area contributed by atoms with Gasteiger partial charge in [0.1, 0.15) is 24.2 Å². The van der Waals surface area contributed by atoms with Crippen LogP contribution in [0.1, 0.15) is 56.7 Å². The van der Waals surface area contributed by atoms with Crippen LogP contribution in [0.2, 0.25) is 0 Å². The third-order valence-corrected chi connectivity index (χ3v) is 7.22. The molecule has 0 aliphatic carbocycles. The maximum atomic E-state index is 12.9. The third kappa shape index (κ3) is 11.6. The number of hydrogen-bond donors (Lipinski definition) is 3. The lowest BCUT2D eigenvalue weighted by Gasteiger charge is -2.25. The number of benzene rings is 1. The van der Waals surface area contributed by atoms with E-state index in [9.17, 15) is 27.9 Å². The molecule has 1 aromatic carbocycles. The lowest BCUT2D eigenvalue weighted by atomic mass is 10.0. The minimum atomic E-state index is -4.50. The second-order valence-electron chi connectivity index (χ2n) is 10.4. The number of pyridine rings is 1. The zero-order chi connectivity index (χ0) is 29.7. The van der Waals surface area contributed by atoms with Crippen molar-refractivity contribution < 1.29 is 32.6 Å². The molecule has 11 heteroatoms. The monoisotopic (exact) mass is 578 g/mol. The van der Waals surface area contributed by atoms with Crippen molar-refractivity contribution >= 4 is 17.7 Å². The van der Waals surface area contributed by atoms with Crippen LogP contribution in [0, 0.1) is 5.92 Å². The van der Waals surface area contributed by atoms with Gasteiger partial charge in [0.2, 0.25) is 5.91 Å². The normalized spacial score (nSPS) is 14.6. The van der Waals surface area contributed by atoms with E-state index in [1.54, 1.807) is 0 Å². The van der Waals surface area contributed by atoms with Crippen molar-refractivity contribution in [3.05, 3.63) is 53.7 Å². The van der Waals surface area contributed by atoms with Crippen molar-refractivity contribution in [2.24, 2.45) is 5.92 Å². The predicted molar refractivity (Wildman–Crippen MR) is 151 cm³/mol. The molecule has 0 bridgehead atoms. The lowest BCUT2D eigenvalue weighted by molar-refractivity contribution is -0.156. The summed E-state index contributed by atoms with van der Waals surface area (Å²) in [5, 5.41) is 15.4. The van der Waals surface area contributed by atoms with E-state index < -0.39 is 36.4 Å². The van der Waals surface area contributed by atoms with Crippen LogP contribution in [0.5, 0.6) is 5.75 Å². The molecule has 3 rings (SSSR count). The van der Waals surface area contributed by atoms with Gasteiger partial charge in [-0.15, -0.1) is 0 Å². The fourth-order valence-corrected chi connectivity index (χ4v) is 4.85. The molecule has 2 heterocycles. The summed E-state index contributed by atoms with van der Waals surface area (Å²) in [7, 11) is 0. The zero-order valence-electron chi connectivity index (χ0n) is 23.6. The van der Waals surface area contributed by atoms with Crippen molar-refractivity contribution in [1.82, 2.24) is 15.2 Å². The first kappa shape index (κ1) is 32.2. The van der Waals surface area contributed by atoms with Gasteiger partial charge in [-0.05, 0) is 75.3 Å². The van der Waals surface area contributed by atoms with E-state index in [-0.39, 0.29) is 12.8 Å². The second kappa shape index (κ2) is 16.2. The molecule has 226 valence electrons. The molecule has 1 aliphatic heterocycles.